The summed E-state index contributed by atoms with van der Waals surface area (Å²) >= 11 is 1.39. The zero-order valence-corrected chi connectivity index (χ0v) is 11.6. The number of aromatic nitrogens is 1. The second-order valence-electron chi connectivity index (χ2n) is 3.83. The van der Waals surface area contributed by atoms with Crippen molar-refractivity contribution in [1.29, 1.82) is 0 Å². The normalized spacial score (nSPS) is 11.9. The van der Waals surface area contributed by atoms with E-state index >= 15 is 0 Å². The molecule has 0 saturated carbocycles. The number of carboxylic acid groups (broad SMARTS) is 1. The molecule has 1 amide bonds. The summed E-state index contributed by atoms with van der Waals surface area (Å²) in [7, 11) is 0. The smallest absolute Gasteiger partial charge is 0.328 e. The van der Waals surface area contributed by atoms with Gasteiger partial charge in [0.25, 0.3) is 5.91 Å². The van der Waals surface area contributed by atoms with Gasteiger partial charge in [0.05, 0.1) is 18.2 Å². The summed E-state index contributed by atoms with van der Waals surface area (Å²) in [6, 6.07) is -1.10. The minimum atomic E-state index is -1.15. The summed E-state index contributed by atoms with van der Waals surface area (Å²) in [5.74, 6) is -1.65. The van der Waals surface area contributed by atoms with Crippen molar-refractivity contribution in [3.63, 3.8) is 0 Å². The molecule has 7 heteroatoms. The Balaban J connectivity index is 2.68. The lowest BCUT2D eigenvalue weighted by Gasteiger charge is -2.13. The SMILES string of the molecule is C=CCOCC(NC(=O)c1nc(C)sc1C)C(=O)O. The van der Waals surface area contributed by atoms with Crippen molar-refractivity contribution < 1.29 is 19.4 Å². The van der Waals surface area contributed by atoms with Crippen LogP contribution in [0.15, 0.2) is 12.7 Å². The van der Waals surface area contributed by atoms with E-state index in [1.165, 1.54) is 17.4 Å². The molecule has 104 valence electrons. The van der Waals surface area contributed by atoms with Crippen molar-refractivity contribution >= 4 is 23.2 Å². The highest BCUT2D eigenvalue weighted by Gasteiger charge is 2.23. The van der Waals surface area contributed by atoms with Crippen molar-refractivity contribution in [2.75, 3.05) is 13.2 Å². The Kier molecular flexibility index (Phi) is 5.65. The second kappa shape index (κ2) is 7.01. The molecule has 1 atom stereocenters. The molecule has 0 aliphatic heterocycles. The molecule has 0 aromatic carbocycles. The van der Waals surface area contributed by atoms with Crippen LogP contribution in [0, 0.1) is 13.8 Å². The third-order valence-corrected chi connectivity index (χ3v) is 3.13. The highest BCUT2D eigenvalue weighted by atomic mass is 32.1. The van der Waals surface area contributed by atoms with Crippen molar-refractivity contribution in [2.45, 2.75) is 19.9 Å². The van der Waals surface area contributed by atoms with Gasteiger partial charge in [-0.15, -0.1) is 17.9 Å². The fourth-order valence-electron chi connectivity index (χ4n) is 1.41. The molecule has 0 fully saturated rings. The molecule has 6 nitrogen and oxygen atoms in total. The number of carboxylic acids is 1. The highest BCUT2D eigenvalue weighted by Crippen LogP contribution is 2.16. The molecular formula is C12H16N2O4S. The molecule has 0 aliphatic carbocycles. The van der Waals surface area contributed by atoms with Gasteiger partial charge in [-0.25, -0.2) is 9.78 Å². The van der Waals surface area contributed by atoms with Gasteiger partial charge in [0.1, 0.15) is 5.69 Å². The maximum absolute atomic E-state index is 11.9. The van der Waals surface area contributed by atoms with Gasteiger partial charge < -0.3 is 15.2 Å². The molecular weight excluding hydrogens is 268 g/mol. The van der Waals surface area contributed by atoms with E-state index < -0.39 is 17.9 Å². The number of amides is 1. The van der Waals surface area contributed by atoms with E-state index in [9.17, 15) is 9.59 Å². The van der Waals surface area contributed by atoms with Gasteiger partial charge in [0.15, 0.2) is 6.04 Å². The Morgan fingerprint density at radius 1 is 1.58 bits per heavy atom. The molecule has 0 bridgehead atoms. The Morgan fingerprint density at radius 2 is 2.26 bits per heavy atom. The van der Waals surface area contributed by atoms with Crippen LogP contribution in [0.25, 0.3) is 0 Å². The number of carbonyl (C=O) groups is 2. The van der Waals surface area contributed by atoms with Gasteiger partial charge in [0, 0.05) is 4.88 Å². The van der Waals surface area contributed by atoms with Crippen LogP contribution >= 0.6 is 11.3 Å². The van der Waals surface area contributed by atoms with Crippen LogP contribution in [-0.2, 0) is 9.53 Å². The average molecular weight is 284 g/mol. The van der Waals surface area contributed by atoms with Crippen molar-refractivity contribution in [3.05, 3.63) is 28.2 Å². The van der Waals surface area contributed by atoms with Crippen LogP contribution in [0.3, 0.4) is 0 Å². The van der Waals surface area contributed by atoms with Crippen molar-refractivity contribution in [3.8, 4) is 0 Å². The number of carbonyl (C=O) groups excluding carboxylic acids is 1. The number of aryl methyl sites for hydroxylation is 2. The highest BCUT2D eigenvalue weighted by molar-refractivity contribution is 7.11. The Morgan fingerprint density at radius 3 is 2.74 bits per heavy atom. The molecule has 0 radical (unpaired) electrons. The third-order valence-electron chi connectivity index (χ3n) is 2.24. The van der Waals surface area contributed by atoms with Crippen LogP contribution in [0.4, 0.5) is 0 Å². The molecule has 0 aliphatic rings. The minimum Gasteiger partial charge on any atom is -0.480 e. The molecule has 1 aromatic heterocycles. The van der Waals surface area contributed by atoms with Gasteiger partial charge in [-0.05, 0) is 13.8 Å². The van der Waals surface area contributed by atoms with E-state index in [1.807, 2.05) is 0 Å². The fraction of sp³-hybridized carbons (Fsp3) is 0.417. The largest absolute Gasteiger partial charge is 0.480 e. The Bertz CT molecular complexity index is 484. The predicted molar refractivity (Wildman–Crippen MR) is 71.5 cm³/mol. The minimum absolute atomic E-state index is 0.116. The Hall–Kier alpha value is -1.73. The zero-order chi connectivity index (χ0) is 14.4. The number of thiazole rings is 1. The van der Waals surface area contributed by atoms with Crippen LogP contribution < -0.4 is 5.32 Å². The van der Waals surface area contributed by atoms with Gasteiger partial charge in [-0.3, -0.25) is 4.79 Å². The number of ether oxygens (including phenoxy) is 1. The zero-order valence-electron chi connectivity index (χ0n) is 10.8. The summed E-state index contributed by atoms with van der Waals surface area (Å²) < 4.78 is 5.05. The lowest BCUT2D eigenvalue weighted by Crippen LogP contribution is -2.44. The number of nitrogens with zero attached hydrogens (tertiary/aromatic N) is 1. The van der Waals surface area contributed by atoms with Gasteiger partial charge in [-0.1, -0.05) is 6.08 Å². The van der Waals surface area contributed by atoms with E-state index in [2.05, 4.69) is 16.9 Å². The summed E-state index contributed by atoms with van der Waals surface area (Å²) in [4.78, 5) is 27.8. The molecule has 0 spiro atoms. The number of hydrogen-bond donors (Lipinski definition) is 2. The molecule has 2 N–H and O–H groups in total. The van der Waals surface area contributed by atoms with Crippen LogP contribution in [0.5, 0.6) is 0 Å². The quantitative estimate of drug-likeness (QED) is 0.579. The van der Waals surface area contributed by atoms with E-state index in [4.69, 9.17) is 9.84 Å². The number of rotatable bonds is 7. The van der Waals surface area contributed by atoms with E-state index in [0.29, 0.717) is 0 Å². The molecule has 1 unspecified atom stereocenters. The Labute approximate surface area is 115 Å². The molecule has 1 rings (SSSR count). The van der Waals surface area contributed by atoms with Gasteiger partial charge in [-0.2, -0.15) is 0 Å². The molecule has 1 aromatic rings. The fourth-order valence-corrected chi connectivity index (χ4v) is 2.23. The molecule has 1 heterocycles. The van der Waals surface area contributed by atoms with Crippen LogP contribution in [-0.4, -0.2) is 41.2 Å². The number of aliphatic carboxylic acids is 1. The summed E-state index contributed by atoms with van der Waals surface area (Å²) in [6.45, 7) is 7.13. The van der Waals surface area contributed by atoms with Gasteiger partial charge in [0.2, 0.25) is 0 Å². The summed E-state index contributed by atoms with van der Waals surface area (Å²) in [5.41, 5.74) is 0.262. The van der Waals surface area contributed by atoms with Crippen molar-refractivity contribution in [1.82, 2.24) is 10.3 Å². The monoisotopic (exact) mass is 284 g/mol. The molecule has 0 saturated heterocycles. The lowest BCUT2D eigenvalue weighted by atomic mass is 10.3. The summed E-state index contributed by atoms with van der Waals surface area (Å²) in [6.07, 6.45) is 1.51. The third kappa shape index (κ3) is 4.46. The first-order valence-electron chi connectivity index (χ1n) is 5.62. The topological polar surface area (TPSA) is 88.5 Å². The average Bonchev–Trinajstić information content (AvgIpc) is 2.67. The van der Waals surface area contributed by atoms with E-state index in [1.54, 1.807) is 13.8 Å². The predicted octanol–water partition coefficient (Wildman–Crippen LogP) is 1.15. The number of nitrogens with one attached hydrogen (secondary N) is 1. The van der Waals surface area contributed by atoms with Crippen molar-refractivity contribution in [2.24, 2.45) is 0 Å². The van der Waals surface area contributed by atoms with Crippen LogP contribution in [0.1, 0.15) is 20.4 Å². The van der Waals surface area contributed by atoms with E-state index in [0.717, 1.165) is 9.88 Å². The first-order chi connectivity index (χ1) is 8.95. The molecule has 19 heavy (non-hydrogen) atoms. The maximum Gasteiger partial charge on any atom is 0.328 e. The first kappa shape index (κ1) is 15.3. The van der Waals surface area contributed by atoms with Crippen LogP contribution in [0.2, 0.25) is 0 Å². The van der Waals surface area contributed by atoms with Gasteiger partial charge >= 0.3 is 5.97 Å². The number of hydrogen-bond acceptors (Lipinski definition) is 5. The second-order valence-corrected chi connectivity index (χ2v) is 5.24. The lowest BCUT2D eigenvalue weighted by molar-refractivity contribution is -0.140. The standard InChI is InChI=1S/C12H16N2O4S/c1-4-5-18-6-9(12(16)17)14-11(15)10-7(2)19-8(3)13-10/h4,9H,1,5-6H2,2-3H3,(H,14,15)(H,16,17). The maximum atomic E-state index is 11.9. The van der Waals surface area contributed by atoms with E-state index in [-0.39, 0.29) is 18.9 Å². The first-order valence-corrected chi connectivity index (χ1v) is 6.43. The summed E-state index contributed by atoms with van der Waals surface area (Å²) in [5, 5.41) is 12.2.